The molecule has 1 amide bonds. The molecule has 1 unspecified atom stereocenters. The molecule has 3 rings (SSSR count). The van der Waals surface area contributed by atoms with Crippen LogP contribution in [0.3, 0.4) is 0 Å². The predicted molar refractivity (Wildman–Crippen MR) is 100.0 cm³/mol. The SMILES string of the molecule is CN(C)c1ccc(C(=O)N2CCCC2Cc2ccccc2Cl)cc1. The summed E-state index contributed by atoms with van der Waals surface area (Å²) in [5.74, 6) is 0.120. The fraction of sp³-hybridized carbons (Fsp3) is 0.350. The van der Waals surface area contributed by atoms with Crippen LogP contribution >= 0.6 is 11.6 Å². The average molecular weight is 343 g/mol. The number of hydrogen-bond donors (Lipinski definition) is 0. The third-order valence-electron chi connectivity index (χ3n) is 4.68. The van der Waals surface area contributed by atoms with Crippen molar-refractivity contribution < 1.29 is 4.79 Å². The molecule has 2 aromatic carbocycles. The molecule has 2 aromatic rings. The van der Waals surface area contributed by atoms with E-state index in [1.165, 1.54) is 0 Å². The van der Waals surface area contributed by atoms with Gasteiger partial charge in [-0.15, -0.1) is 0 Å². The van der Waals surface area contributed by atoms with Crippen LogP contribution in [-0.4, -0.2) is 37.5 Å². The van der Waals surface area contributed by atoms with Crippen LogP contribution in [0.2, 0.25) is 5.02 Å². The highest BCUT2D eigenvalue weighted by Gasteiger charge is 2.29. The summed E-state index contributed by atoms with van der Waals surface area (Å²) in [5.41, 5.74) is 2.97. The maximum atomic E-state index is 12.9. The zero-order chi connectivity index (χ0) is 17.1. The first-order valence-electron chi connectivity index (χ1n) is 8.38. The lowest BCUT2D eigenvalue weighted by Gasteiger charge is -2.25. The molecule has 1 atom stereocenters. The number of halogens is 1. The molecule has 4 heteroatoms. The molecule has 1 fully saturated rings. The monoisotopic (exact) mass is 342 g/mol. The van der Waals surface area contributed by atoms with Crippen molar-refractivity contribution in [1.82, 2.24) is 4.90 Å². The second-order valence-electron chi connectivity index (χ2n) is 6.53. The van der Waals surface area contributed by atoms with E-state index in [-0.39, 0.29) is 11.9 Å². The number of likely N-dealkylation sites (tertiary alicyclic amines) is 1. The number of hydrogen-bond acceptors (Lipinski definition) is 2. The number of anilines is 1. The molecule has 1 heterocycles. The third-order valence-corrected chi connectivity index (χ3v) is 5.05. The van der Waals surface area contributed by atoms with Crippen molar-refractivity contribution in [2.45, 2.75) is 25.3 Å². The minimum absolute atomic E-state index is 0.120. The second kappa shape index (κ2) is 7.27. The van der Waals surface area contributed by atoms with Gasteiger partial charge in [0.1, 0.15) is 0 Å². The van der Waals surface area contributed by atoms with Crippen molar-refractivity contribution >= 4 is 23.2 Å². The van der Waals surface area contributed by atoms with Crippen LogP contribution < -0.4 is 4.90 Å². The smallest absolute Gasteiger partial charge is 0.254 e. The third kappa shape index (κ3) is 3.57. The summed E-state index contributed by atoms with van der Waals surface area (Å²) in [6, 6.07) is 16.0. The number of benzene rings is 2. The first kappa shape index (κ1) is 16.8. The van der Waals surface area contributed by atoms with E-state index in [2.05, 4.69) is 6.07 Å². The van der Waals surface area contributed by atoms with E-state index in [1.807, 2.05) is 66.4 Å². The summed E-state index contributed by atoms with van der Waals surface area (Å²) in [7, 11) is 3.99. The fourth-order valence-corrected chi connectivity index (χ4v) is 3.51. The zero-order valence-corrected chi connectivity index (χ0v) is 15.0. The van der Waals surface area contributed by atoms with Crippen LogP contribution in [0.4, 0.5) is 5.69 Å². The van der Waals surface area contributed by atoms with Gasteiger partial charge in [-0.1, -0.05) is 29.8 Å². The average Bonchev–Trinajstić information content (AvgIpc) is 3.04. The summed E-state index contributed by atoms with van der Waals surface area (Å²) < 4.78 is 0. The van der Waals surface area contributed by atoms with Gasteiger partial charge in [-0.3, -0.25) is 4.79 Å². The Morgan fingerprint density at radius 2 is 1.88 bits per heavy atom. The van der Waals surface area contributed by atoms with Crippen LogP contribution in [-0.2, 0) is 6.42 Å². The highest BCUT2D eigenvalue weighted by molar-refractivity contribution is 6.31. The van der Waals surface area contributed by atoms with Gasteiger partial charge < -0.3 is 9.80 Å². The maximum absolute atomic E-state index is 12.9. The van der Waals surface area contributed by atoms with Gasteiger partial charge in [-0.25, -0.2) is 0 Å². The number of rotatable bonds is 4. The topological polar surface area (TPSA) is 23.6 Å². The van der Waals surface area contributed by atoms with Gasteiger partial charge in [0, 0.05) is 43.0 Å². The number of nitrogens with zero attached hydrogens (tertiary/aromatic N) is 2. The first-order chi connectivity index (χ1) is 11.6. The predicted octanol–water partition coefficient (Wildman–Crippen LogP) is 4.25. The molecule has 0 N–H and O–H groups in total. The molecule has 0 aliphatic carbocycles. The Hall–Kier alpha value is -2.00. The van der Waals surface area contributed by atoms with Gasteiger partial charge >= 0.3 is 0 Å². The summed E-state index contributed by atoms with van der Waals surface area (Å²) in [4.78, 5) is 16.9. The van der Waals surface area contributed by atoms with E-state index >= 15 is 0 Å². The van der Waals surface area contributed by atoms with E-state index in [0.29, 0.717) is 0 Å². The molecule has 1 aliphatic rings. The van der Waals surface area contributed by atoms with Crippen LogP contribution in [0, 0.1) is 0 Å². The van der Waals surface area contributed by atoms with Gasteiger partial charge in [0.15, 0.2) is 0 Å². The lowest BCUT2D eigenvalue weighted by atomic mass is 10.0. The first-order valence-corrected chi connectivity index (χ1v) is 8.76. The molecule has 0 saturated carbocycles. The van der Waals surface area contributed by atoms with Gasteiger partial charge in [-0.05, 0) is 55.2 Å². The molecule has 1 aliphatic heterocycles. The molecule has 1 saturated heterocycles. The Balaban J connectivity index is 1.75. The maximum Gasteiger partial charge on any atom is 0.254 e. The van der Waals surface area contributed by atoms with Crippen molar-refractivity contribution in [3.63, 3.8) is 0 Å². The van der Waals surface area contributed by atoms with Crippen LogP contribution in [0.25, 0.3) is 0 Å². The van der Waals surface area contributed by atoms with Crippen LogP contribution in [0.15, 0.2) is 48.5 Å². The van der Waals surface area contributed by atoms with Gasteiger partial charge in [0.05, 0.1) is 0 Å². The van der Waals surface area contributed by atoms with E-state index < -0.39 is 0 Å². The molecular formula is C20H23ClN2O. The highest BCUT2D eigenvalue weighted by Crippen LogP contribution is 2.26. The largest absolute Gasteiger partial charge is 0.378 e. The van der Waals surface area contributed by atoms with E-state index in [1.54, 1.807) is 0 Å². The second-order valence-corrected chi connectivity index (χ2v) is 6.94. The van der Waals surface area contributed by atoms with Crippen molar-refractivity contribution in [1.29, 1.82) is 0 Å². The van der Waals surface area contributed by atoms with E-state index in [9.17, 15) is 4.79 Å². The van der Waals surface area contributed by atoms with Gasteiger partial charge in [0.25, 0.3) is 5.91 Å². The Bertz CT molecular complexity index is 712. The standard InChI is InChI=1S/C20H23ClN2O/c1-22(2)17-11-9-15(10-12-17)20(24)23-13-5-7-18(23)14-16-6-3-4-8-19(16)21/h3-4,6,8-12,18H,5,7,13-14H2,1-2H3. The molecule has 0 bridgehead atoms. The van der Waals surface area contributed by atoms with E-state index in [4.69, 9.17) is 11.6 Å². The Morgan fingerprint density at radius 3 is 2.54 bits per heavy atom. The Kier molecular flexibility index (Phi) is 5.10. The lowest BCUT2D eigenvalue weighted by Crippen LogP contribution is -2.36. The molecule has 0 spiro atoms. The van der Waals surface area contributed by atoms with Crippen LogP contribution in [0.1, 0.15) is 28.8 Å². The van der Waals surface area contributed by atoms with Gasteiger partial charge in [0.2, 0.25) is 0 Å². The lowest BCUT2D eigenvalue weighted by molar-refractivity contribution is 0.0736. The number of amides is 1. The highest BCUT2D eigenvalue weighted by atomic mass is 35.5. The summed E-state index contributed by atoms with van der Waals surface area (Å²) in [5, 5.41) is 0.784. The zero-order valence-electron chi connectivity index (χ0n) is 14.2. The normalized spacial score (nSPS) is 17.1. The minimum Gasteiger partial charge on any atom is -0.378 e. The van der Waals surface area contributed by atoms with Crippen LogP contribution in [0.5, 0.6) is 0 Å². The molecule has 0 radical (unpaired) electrons. The Morgan fingerprint density at radius 1 is 1.17 bits per heavy atom. The molecule has 126 valence electrons. The number of carbonyl (C=O) groups excluding carboxylic acids is 1. The quantitative estimate of drug-likeness (QED) is 0.829. The summed E-state index contributed by atoms with van der Waals surface area (Å²) in [6.45, 7) is 0.823. The molecule has 0 aromatic heterocycles. The van der Waals surface area contributed by atoms with Crippen molar-refractivity contribution in [2.24, 2.45) is 0 Å². The van der Waals surface area contributed by atoms with Crippen molar-refractivity contribution in [3.05, 3.63) is 64.7 Å². The summed E-state index contributed by atoms with van der Waals surface area (Å²) >= 11 is 6.29. The number of carbonyl (C=O) groups is 1. The van der Waals surface area contributed by atoms with Crippen molar-refractivity contribution in [3.8, 4) is 0 Å². The molecule has 24 heavy (non-hydrogen) atoms. The van der Waals surface area contributed by atoms with Gasteiger partial charge in [-0.2, -0.15) is 0 Å². The fourth-order valence-electron chi connectivity index (χ4n) is 3.30. The molecule has 3 nitrogen and oxygen atoms in total. The minimum atomic E-state index is 0.120. The van der Waals surface area contributed by atoms with E-state index in [0.717, 1.165) is 47.6 Å². The summed E-state index contributed by atoms with van der Waals surface area (Å²) in [6.07, 6.45) is 2.91. The molecular weight excluding hydrogens is 320 g/mol. The van der Waals surface area contributed by atoms with Crippen molar-refractivity contribution in [2.75, 3.05) is 25.5 Å². The Labute approximate surface area is 148 Å².